The molecule has 2 rings (SSSR count). The summed E-state index contributed by atoms with van der Waals surface area (Å²) in [6.45, 7) is 6.92. The van der Waals surface area contributed by atoms with Gasteiger partial charge in [-0.15, -0.1) is 0 Å². The van der Waals surface area contributed by atoms with Crippen LogP contribution in [0.15, 0.2) is 6.07 Å². The molecule has 0 bridgehead atoms. The smallest absolute Gasteiger partial charge is 0.326 e. The molecule has 1 saturated heterocycles. The molecule has 0 radical (unpaired) electrons. The van der Waals surface area contributed by atoms with Crippen LogP contribution in [-0.4, -0.2) is 50.3 Å². The molecule has 1 fully saturated rings. The van der Waals surface area contributed by atoms with Crippen molar-refractivity contribution in [2.75, 3.05) is 6.54 Å². The van der Waals surface area contributed by atoms with Gasteiger partial charge in [0.1, 0.15) is 11.7 Å². The number of likely N-dealkylation sites (tertiary alicyclic amines) is 1. The Labute approximate surface area is 130 Å². The summed E-state index contributed by atoms with van der Waals surface area (Å²) in [7, 11) is 0. The zero-order chi connectivity index (χ0) is 16.4. The second-order valence-electron chi connectivity index (χ2n) is 6.24. The van der Waals surface area contributed by atoms with Gasteiger partial charge in [0.15, 0.2) is 0 Å². The topological polar surface area (TPSA) is 101 Å². The predicted molar refractivity (Wildman–Crippen MR) is 81.5 cm³/mol. The van der Waals surface area contributed by atoms with Crippen LogP contribution in [0, 0.1) is 5.92 Å². The average Bonchev–Trinajstić information content (AvgIpc) is 3.00. The van der Waals surface area contributed by atoms with E-state index in [0.29, 0.717) is 24.6 Å². The third kappa shape index (κ3) is 3.30. The van der Waals surface area contributed by atoms with Gasteiger partial charge in [0.05, 0.1) is 5.69 Å². The van der Waals surface area contributed by atoms with Crippen LogP contribution in [0.3, 0.4) is 0 Å². The standard InChI is InChI=1S/C15H24N4O3/c1-4-19-12(7-11(17-19)5-9(2)3)14(20)18-8-10(16)6-13(18)15(21)22/h7,9-10,13H,4-6,8,16H2,1-3H3,(H,21,22)/t10-,13-/m0/s1. The quantitative estimate of drug-likeness (QED) is 0.835. The van der Waals surface area contributed by atoms with Gasteiger partial charge in [0.25, 0.3) is 5.91 Å². The normalized spacial score (nSPS) is 21.6. The third-order valence-corrected chi connectivity index (χ3v) is 3.85. The summed E-state index contributed by atoms with van der Waals surface area (Å²) in [4.78, 5) is 25.4. The van der Waals surface area contributed by atoms with Crippen LogP contribution in [-0.2, 0) is 17.8 Å². The minimum absolute atomic E-state index is 0.268. The zero-order valence-electron chi connectivity index (χ0n) is 13.3. The van der Waals surface area contributed by atoms with Crippen LogP contribution in [0.5, 0.6) is 0 Å². The molecule has 1 aliphatic rings. The number of aromatic nitrogens is 2. The summed E-state index contributed by atoms with van der Waals surface area (Å²) in [5.74, 6) is -0.869. The zero-order valence-corrected chi connectivity index (χ0v) is 13.3. The lowest BCUT2D eigenvalue weighted by atomic mass is 10.1. The molecule has 1 amide bonds. The Kier molecular flexibility index (Phi) is 4.85. The highest BCUT2D eigenvalue weighted by Crippen LogP contribution is 2.21. The molecule has 22 heavy (non-hydrogen) atoms. The maximum Gasteiger partial charge on any atom is 0.326 e. The number of carboxylic acids is 1. The van der Waals surface area contributed by atoms with E-state index in [1.165, 1.54) is 4.90 Å². The lowest BCUT2D eigenvalue weighted by Crippen LogP contribution is -2.41. The molecule has 122 valence electrons. The van der Waals surface area contributed by atoms with E-state index in [0.717, 1.165) is 12.1 Å². The molecule has 0 aromatic carbocycles. The van der Waals surface area contributed by atoms with Gasteiger partial charge in [-0.25, -0.2) is 4.79 Å². The fraction of sp³-hybridized carbons (Fsp3) is 0.667. The van der Waals surface area contributed by atoms with Gasteiger partial charge >= 0.3 is 5.97 Å². The average molecular weight is 308 g/mol. The van der Waals surface area contributed by atoms with Crippen molar-refractivity contribution in [3.8, 4) is 0 Å². The van der Waals surface area contributed by atoms with Crippen molar-refractivity contribution in [1.82, 2.24) is 14.7 Å². The molecule has 3 N–H and O–H groups in total. The number of nitrogens with two attached hydrogens (primary N) is 1. The molecule has 2 atom stereocenters. The number of amides is 1. The largest absolute Gasteiger partial charge is 0.480 e. The van der Waals surface area contributed by atoms with Gasteiger partial charge in [-0.2, -0.15) is 5.10 Å². The number of hydrogen-bond acceptors (Lipinski definition) is 4. The molecule has 0 unspecified atom stereocenters. The fourth-order valence-electron chi connectivity index (χ4n) is 2.88. The van der Waals surface area contributed by atoms with Crippen LogP contribution in [0.2, 0.25) is 0 Å². The maximum absolute atomic E-state index is 12.7. The Bertz CT molecular complexity index is 567. The molecular weight excluding hydrogens is 284 g/mol. The SMILES string of the molecule is CCn1nc(CC(C)C)cc1C(=O)N1C[C@@H](N)C[C@H]1C(=O)O. The maximum atomic E-state index is 12.7. The second-order valence-corrected chi connectivity index (χ2v) is 6.24. The number of hydrogen-bond donors (Lipinski definition) is 2. The van der Waals surface area contributed by atoms with Crippen molar-refractivity contribution in [3.63, 3.8) is 0 Å². The van der Waals surface area contributed by atoms with E-state index in [1.54, 1.807) is 10.7 Å². The van der Waals surface area contributed by atoms with Gasteiger partial charge in [0.2, 0.25) is 0 Å². The lowest BCUT2D eigenvalue weighted by Gasteiger charge is -2.21. The van der Waals surface area contributed by atoms with E-state index in [-0.39, 0.29) is 18.5 Å². The Balaban J connectivity index is 2.28. The Morgan fingerprint density at radius 2 is 2.18 bits per heavy atom. The predicted octanol–water partition coefficient (Wildman–Crippen LogP) is 0.728. The van der Waals surface area contributed by atoms with Crippen molar-refractivity contribution in [3.05, 3.63) is 17.5 Å². The number of nitrogens with zero attached hydrogens (tertiary/aromatic N) is 3. The highest BCUT2D eigenvalue weighted by molar-refractivity contribution is 5.95. The fourth-order valence-corrected chi connectivity index (χ4v) is 2.88. The monoisotopic (exact) mass is 308 g/mol. The molecule has 1 aromatic heterocycles. The lowest BCUT2D eigenvalue weighted by molar-refractivity contribution is -0.141. The summed E-state index contributed by atoms with van der Waals surface area (Å²) < 4.78 is 1.64. The number of carboxylic acid groups (broad SMARTS) is 1. The van der Waals surface area contributed by atoms with Gasteiger partial charge < -0.3 is 15.7 Å². The van der Waals surface area contributed by atoms with Crippen LogP contribution in [0.4, 0.5) is 0 Å². The molecule has 0 aliphatic carbocycles. The third-order valence-electron chi connectivity index (χ3n) is 3.85. The van der Waals surface area contributed by atoms with Crippen molar-refractivity contribution in [2.24, 2.45) is 11.7 Å². The molecule has 7 nitrogen and oxygen atoms in total. The Morgan fingerprint density at radius 1 is 1.50 bits per heavy atom. The van der Waals surface area contributed by atoms with Crippen LogP contribution in [0.1, 0.15) is 43.4 Å². The minimum Gasteiger partial charge on any atom is -0.480 e. The summed E-state index contributed by atoms with van der Waals surface area (Å²) in [5, 5.41) is 13.7. The number of carbonyl (C=O) groups is 2. The first-order valence-corrected chi connectivity index (χ1v) is 7.69. The minimum atomic E-state index is -1.01. The first-order chi connectivity index (χ1) is 10.3. The molecule has 0 saturated carbocycles. The molecule has 0 spiro atoms. The van der Waals surface area contributed by atoms with Gasteiger partial charge in [-0.3, -0.25) is 9.48 Å². The molecule has 2 heterocycles. The van der Waals surface area contributed by atoms with E-state index in [9.17, 15) is 14.7 Å². The van der Waals surface area contributed by atoms with Crippen molar-refractivity contribution in [2.45, 2.75) is 52.2 Å². The van der Waals surface area contributed by atoms with E-state index < -0.39 is 12.0 Å². The Morgan fingerprint density at radius 3 is 2.73 bits per heavy atom. The van der Waals surface area contributed by atoms with E-state index in [1.807, 2.05) is 6.92 Å². The second kappa shape index (κ2) is 6.48. The van der Waals surface area contributed by atoms with Crippen LogP contribution < -0.4 is 5.73 Å². The Hall–Kier alpha value is -1.89. The van der Waals surface area contributed by atoms with Gasteiger partial charge in [0, 0.05) is 19.1 Å². The number of carbonyl (C=O) groups excluding carboxylic acids is 1. The summed E-state index contributed by atoms with van der Waals surface area (Å²) in [6.07, 6.45) is 1.08. The van der Waals surface area contributed by atoms with E-state index in [4.69, 9.17) is 5.73 Å². The highest BCUT2D eigenvalue weighted by Gasteiger charge is 2.39. The summed E-state index contributed by atoms with van der Waals surface area (Å²) in [6, 6.07) is 0.628. The van der Waals surface area contributed by atoms with E-state index in [2.05, 4.69) is 18.9 Å². The molecule has 1 aromatic rings. The van der Waals surface area contributed by atoms with Crippen molar-refractivity contribution < 1.29 is 14.7 Å². The van der Waals surface area contributed by atoms with E-state index >= 15 is 0 Å². The van der Waals surface area contributed by atoms with Crippen LogP contribution >= 0.6 is 0 Å². The van der Waals surface area contributed by atoms with Gasteiger partial charge in [-0.1, -0.05) is 13.8 Å². The highest BCUT2D eigenvalue weighted by atomic mass is 16.4. The van der Waals surface area contributed by atoms with Crippen molar-refractivity contribution in [1.29, 1.82) is 0 Å². The first-order valence-electron chi connectivity index (χ1n) is 7.69. The van der Waals surface area contributed by atoms with Crippen LogP contribution in [0.25, 0.3) is 0 Å². The molecule has 7 heteroatoms. The first kappa shape index (κ1) is 16.5. The number of aliphatic carboxylic acids is 1. The van der Waals surface area contributed by atoms with Crippen molar-refractivity contribution >= 4 is 11.9 Å². The summed E-state index contributed by atoms with van der Waals surface area (Å²) in [5.41, 5.74) is 7.13. The summed E-state index contributed by atoms with van der Waals surface area (Å²) >= 11 is 0. The number of aryl methyl sites for hydroxylation is 1. The number of rotatable bonds is 5. The molecular formula is C15H24N4O3. The molecule has 1 aliphatic heterocycles. The van der Waals surface area contributed by atoms with Gasteiger partial charge in [-0.05, 0) is 31.7 Å².